The maximum Gasteiger partial charge on any atom is 0.241 e. The van der Waals surface area contributed by atoms with E-state index in [2.05, 4.69) is 10.6 Å². The molecule has 2 rings (SSSR count). The number of anilines is 1. The Morgan fingerprint density at radius 3 is 2.43 bits per heavy atom. The molecule has 0 aliphatic rings. The molecule has 2 aromatic carbocycles. The van der Waals surface area contributed by atoms with Gasteiger partial charge in [0.1, 0.15) is 0 Å². The summed E-state index contributed by atoms with van der Waals surface area (Å²) in [7, 11) is 0. The van der Waals surface area contributed by atoms with Crippen LogP contribution >= 0.6 is 11.6 Å². The summed E-state index contributed by atoms with van der Waals surface area (Å²) in [4.78, 5) is 12.2. The van der Waals surface area contributed by atoms with Gasteiger partial charge in [-0.2, -0.15) is 0 Å². The molecule has 0 spiro atoms. The maximum atomic E-state index is 12.2. The van der Waals surface area contributed by atoms with Crippen molar-refractivity contribution in [1.29, 1.82) is 0 Å². The van der Waals surface area contributed by atoms with Gasteiger partial charge >= 0.3 is 0 Å². The quantitative estimate of drug-likeness (QED) is 0.876. The van der Waals surface area contributed by atoms with Gasteiger partial charge in [0.25, 0.3) is 0 Å². The summed E-state index contributed by atoms with van der Waals surface area (Å²) in [5.41, 5.74) is 1.86. The van der Waals surface area contributed by atoms with Crippen LogP contribution in [0, 0.1) is 0 Å². The van der Waals surface area contributed by atoms with Crippen LogP contribution in [0.1, 0.15) is 25.5 Å². The fourth-order valence-electron chi connectivity index (χ4n) is 2.11. The Morgan fingerprint density at radius 2 is 1.76 bits per heavy atom. The molecule has 0 unspecified atom stereocenters. The molecule has 3 nitrogen and oxygen atoms in total. The first-order valence-electron chi connectivity index (χ1n) is 6.93. The van der Waals surface area contributed by atoms with Crippen molar-refractivity contribution in [2.24, 2.45) is 0 Å². The van der Waals surface area contributed by atoms with Crippen LogP contribution in [0.5, 0.6) is 0 Å². The zero-order valence-electron chi connectivity index (χ0n) is 12.1. The third-order valence-corrected chi connectivity index (χ3v) is 3.52. The van der Waals surface area contributed by atoms with Crippen molar-refractivity contribution >= 4 is 23.2 Å². The van der Waals surface area contributed by atoms with Gasteiger partial charge < -0.3 is 5.32 Å². The van der Waals surface area contributed by atoms with Gasteiger partial charge in [0, 0.05) is 16.8 Å². The number of carbonyl (C=O) groups excluding carboxylic acids is 1. The summed E-state index contributed by atoms with van der Waals surface area (Å²) in [6.45, 7) is 3.89. The van der Waals surface area contributed by atoms with Gasteiger partial charge in [-0.3, -0.25) is 10.1 Å². The third-order valence-electron chi connectivity index (χ3n) is 3.29. The standard InChI is InChI=1S/C17H19ClN2O/c1-12(14-7-4-3-5-8-14)19-13(2)17(21)20-16-10-6-9-15(18)11-16/h3-13,19H,1-2H3,(H,20,21)/t12-,13+/m1/s1. The third kappa shape index (κ3) is 4.59. The zero-order valence-corrected chi connectivity index (χ0v) is 12.9. The number of amides is 1. The minimum absolute atomic E-state index is 0.0833. The Bertz CT molecular complexity index is 601. The minimum Gasteiger partial charge on any atom is -0.325 e. The summed E-state index contributed by atoms with van der Waals surface area (Å²) in [5.74, 6) is -0.0833. The van der Waals surface area contributed by atoms with E-state index in [1.165, 1.54) is 0 Å². The van der Waals surface area contributed by atoms with Crippen LogP contribution in [0.25, 0.3) is 0 Å². The lowest BCUT2D eigenvalue weighted by atomic mass is 10.1. The molecule has 110 valence electrons. The Hall–Kier alpha value is -1.84. The predicted octanol–water partition coefficient (Wildman–Crippen LogP) is 4.02. The van der Waals surface area contributed by atoms with Gasteiger partial charge in [-0.15, -0.1) is 0 Å². The van der Waals surface area contributed by atoms with E-state index in [1.807, 2.05) is 56.3 Å². The van der Waals surface area contributed by atoms with E-state index in [-0.39, 0.29) is 18.0 Å². The monoisotopic (exact) mass is 302 g/mol. The van der Waals surface area contributed by atoms with Crippen molar-refractivity contribution in [3.63, 3.8) is 0 Å². The molecule has 0 bridgehead atoms. The second-order valence-electron chi connectivity index (χ2n) is 5.02. The number of hydrogen-bond donors (Lipinski definition) is 2. The van der Waals surface area contributed by atoms with Crippen molar-refractivity contribution in [2.75, 3.05) is 5.32 Å². The second-order valence-corrected chi connectivity index (χ2v) is 5.46. The number of carbonyl (C=O) groups is 1. The molecule has 0 fully saturated rings. The summed E-state index contributed by atoms with van der Waals surface area (Å²) < 4.78 is 0. The van der Waals surface area contributed by atoms with E-state index < -0.39 is 0 Å². The topological polar surface area (TPSA) is 41.1 Å². The van der Waals surface area contributed by atoms with Crippen LogP contribution in [0.4, 0.5) is 5.69 Å². The largest absolute Gasteiger partial charge is 0.325 e. The van der Waals surface area contributed by atoms with Gasteiger partial charge in [-0.1, -0.05) is 48.0 Å². The maximum absolute atomic E-state index is 12.2. The first kappa shape index (κ1) is 15.5. The summed E-state index contributed by atoms with van der Waals surface area (Å²) in [5, 5.41) is 6.74. The molecule has 21 heavy (non-hydrogen) atoms. The Labute approximate surface area is 130 Å². The van der Waals surface area contributed by atoms with E-state index in [9.17, 15) is 4.79 Å². The molecule has 2 N–H and O–H groups in total. The van der Waals surface area contributed by atoms with Gasteiger partial charge in [0.2, 0.25) is 5.91 Å². The molecule has 0 saturated heterocycles. The number of benzene rings is 2. The van der Waals surface area contributed by atoms with E-state index in [0.717, 1.165) is 5.56 Å². The van der Waals surface area contributed by atoms with E-state index in [4.69, 9.17) is 11.6 Å². The van der Waals surface area contributed by atoms with E-state index in [1.54, 1.807) is 12.1 Å². The number of nitrogens with one attached hydrogen (secondary N) is 2. The highest BCUT2D eigenvalue weighted by molar-refractivity contribution is 6.30. The van der Waals surface area contributed by atoms with E-state index in [0.29, 0.717) is 10.7 Å². The highest BCUT2D eigenvalue weighted by Gasteiger charge is 2.16. The predicted molar refractivity (Wildman–Crippen MR) is 87.5 cm³/mol. The smallest absolute Gasteiger partial charge is 0.241 e. The van der Waals surface area contributed by atoms with Gasteiger partial charge in [-0.25, -0.2) is 0 Å². The second kappa shape index (κ2) is 7.25. The zero-order chi connectivity index (χ0) is 15.2. The van der Waals surface area contributed by atoms with E-state index >= 15 is 0 Å². The first-order chi connectivity index (χ1) is 10.1. The Balaban J connectivity index is 1.93. The summed E-state index contributed by atoms with van der Waals surface area (Å²) in [6.07, 6.45) is 0. The molecule has 0 aliphatic heterocycles. The lowest BCUT2D eigenvalue weighted by Gasteiger charge is -2.20. The van der Waals surface area contributed by atoms with Crippen LogP contribution in [-0.4, -0.2) is 11.9 Å². The molecule has 0 heterocycles. The molecule has 2 atom stereocenters. The fraction of sp³-hybridized carbons (Fsp3) is 0.235. The average Bonchev–Trinajstić information content (AvgIpc) is 2.48. The molecule has 0 aromatic heterocycles. The highest BCUT2D eigenvalue weighted by atomic mass is 35.5. The highest BCUT2D eigenvalue weighted by Crippen LogP contribution is 2.16. The van der Waals surface area contributed by atoms with Gasteiger partial charge in [-0.05, 0) is 37.6 Å². The van der Waals surface area contributed by atoms with Crippen molar-refractivity contribution in [3.05, 3.63) is 65.2 Å². The molecular weight excluding hydrogens is 284 g/mol. The van der Waals surface area contributed by atoms with Crippen molar-refractivity contribution in [3.8, 4) is 0 Å². The SMILES string of the molecule is C[C@H](N[C@H](C)c1ccccc1)C(=O)Nc1cccc(Cl)c1. The summed E-state index contributed by atoms with van der Waals surface area (Å²) in [6, 6.07) is 17.0. The Kier molecular flexibility index (Phi) is 5.37. The normalized spacial score (nSPS) is 13.5. The summed E-state index contributed by atoms with van der Waals surface area (Å²) >= 11 is 5.91. The molecular formula is C17H19ClN2O. The van der Waals surface area contributed by atoms with Gasteiger partial charge in [0.15, 0.2) is 0 Å². The molecule has 1 amide bonds. The number of hydrogen-bond acceptors (Lipinski definition) is 2. The lowest BCUT2D eigenvalue weighted by molar-refractivity contribution is -0.117. The van der Waals surface area contributed by atoms with Crippen molar-refractivity contribution in [1.82, 2.24) is 5.32 Å². The van der Waals surface area contributed by atoms with Crippen molar-refractivity contribution < 1.29 is 4.79 Å². The lowest BCUT2D eigenvalue weighted by Crippen LogP contribution is -2.39. The Morgan fingerprint density at radius 1 is 1.05 bits per heavy atom. The van der Waals surface area contributed by atoms with Crippen LogP contribution in [0.15, 0.2) is 54.6 Å². The van der Waals surface area contributed by atoms with Crippen LogP contribution in [0.3, 0.4) is 0 Å². The van der Waals surface area contributed by atoms with Crippen LogP contribution in [-0.2, 0) is 4.79 Å². The first-order valence-corrected chi connectivity index (χ1v) is 7.31. The molecule has 2 aromatic rings. The number of rotatable bonds is 5. The molecule has 0 saturated carbocycles. The number of halogens is 1. The minimum atomic E-state index is -0.306. The molecule has 4 heteroatoms. The van der Waals surface area contributed by atoms with Crippen LogP contribution in [0.2, 0.25) is 5.02 Å². The van der Waals surface area contributed by atoms with Crippen molar-refractivity contribution in [2.45, 2.75) is 25.9 Å². The van der Waals surface area contributed by atoms with Gasteiger partial charge in [0.05, 0.1) is 6.04 Å². The molecule has 0 radical (unpaired) electrons. The fourth-order valence-corrected chi connectivity index (χ4v) is 2.30. The van der Waals surface area contributed by atoms with Crippen LogP contribution < -0.4 is 10.6 Å². The average molecular weight is 303 g/mol. The molecule has 0 aliphatic carbocycles.